The molecular formula is C20H31N3O2. The molecule has 1 fully saturated rings. The molecule has 0 aliphatic carbocycles. The smallest absolute Gasteiger partial charge is 0.243 e. The van der Waals surface area contributed by atoms with Gasteiger partial charge in [-0.15, -0.1) is 0 Å². The lowest BCUT2D eigenvalue weighted by molar-refractivity contribution is -0.124. The van der Waals surface area contributed by atoms with Crippen LogP contribution in [0.15, 0.2) is 18.2 Å². The number of nitrogens with zero attached hydrogens (tertiary/aromatic N) is 2. The second-order valence-corrected chi connectivity index (χ2v) is 8.04. The van der Waals surface area contributed by atoms with Crippen molar-refractivity contribution in [2.75, 3.05) is 36.5 Å². The van der Waals surface area contributed by atoms with Crippen LogP contribution in [0.3, 0.4) is 0 Å². The van der Waals surface area contributed by atoms with Crippen molar-refractivity contribution in [3.8, 4) is 0 Å². The maximum Gasteiger partial charge on any atom is 0.243 e. The Labute approximate surface area is 151 Å². The van der Waals surface area contributed by atoms with E-state index in [0.29, 0.717) is 6.42 Å². The molecule has 0 saturated carbocycles. The molecule has 5 nitrogen and oxygen atoms in total. The van der Waals surface area contributed by atoms with E-state index in [1.54, 1.807) is 0 Å². The topological polar surface area (TPSA) is 55.8 Å². The van der Waals surface area contributed by atoms with E-state index in [-0.39, 0.29) is 30.5 Å². The van der Waals surface area contributed by atoms with Crippen LogP contribution in [0.5, 0.6) is 0 Å². The quantitative estimate of drug-likeness (QED) is 0.880. The van der Waals surface area contributed by atoms with Crippen LogP contribution in [0.4, 0.5) is 11.4 Å². The van der Waals surface area contributed by atoms with Gasteiger partial charge >= 0.3 is 0 Å². The van der Waals surface area contributed by atoms with Crippen LogP contribution >= 0.6 is 0 Å². The van der Waals surface area contributed by atoms with Crippen LogP contribution in [0.2, 0.25) is 0 Å². The largest absolute Gasteiger partial charge is 0.394 e. The molecule has 1 saturated heterocycles. The van der Waals surface area contributed by atoms with E-state index in [4.69, 9.17) is 0 Å². The molecule has 3 rings (SSSR count). The minimum atomic E-state index is -0.235. The highest BCUT2D eigenvalue weighted by Crippen LogP contribution is 2.33. The minimum Gasteiger partial charge on any atom is -0.394 e. The summed E-state index contributed by atoms with van der Waals surface area (Å²) in [6, 6.07) is 6.13. The molecule has 2 aliphatic rings. The van der Waals surface area contributed by atoms with Crippen molar-refractivity contribution < 1.29 is 9.90 Å². The van der Waals surface area contributed by atoms with Crippen LogP contribution in [-0.2, 0) is 11.2 Å². The van der Waals surface area contributed by atoms with Crippen LogP contribution in [-0.4, -0.2) is 49.8 Å². The molecule has 25 heavy (non-hydrogen) atoms. The number of fused-ring (bicyclic) bond motifs is 1. The zero-order valence-corrected chi connectivity index (χ0v) is 15.8. The van der Waals surface area contributed by atoms with E-state index >= 15 is 0 Å². The van der Waals surface area contributed by atoms with Crippen LogP contribution < -0.4 is 15.1 Å². The first-order valence-corrected chi connectivity index (χ1v) is 9.42. The number of hydrogen-bond donors (Lipinski definition) is 2. The second kappa shape index (κ2) is 7.24. The van der Waals surface area contributed by atoms with Gasteiger partial charge in [-0.3, -0.25) is 4.79 Å². The Hall–Kier alpha value is -1.75. The minimum absolute atomic E-state index is 0.00222. The summed E-state index contributed by atoms with van der Waals surface area (Å²) in [5.41, 5.74) is 3.53. The summed E-state index contributed by atoms with van der Waals surface area (Å²) < 4.78 is 0. The number of anilines is 2. The molecule has 1 unspecified atom stereocenters. The zero-order valence-electron chi connectivity index (χ0n) is 15.8. The fourth-order valence-corrected chi connectivity index (χ4v) is 4.21. The SMILES string of the molecule is CC1CCN(c2ccc3c(c2)N(C)[C@H](C(C)C)C(=O)N[C@@H](CO)C3)C1. The molecule has 2 aliphatic heterocycles. The summed E-state index contributed by atoms with van der Waals surface area (Å²) in [4.78, 5) is 17.3. The Bertz CT molecular complexity index is 631. The van der Waals surface area contributed by atoms with Gasteiger partial charge in [0.1, 0.15) is 6.04 Å². The number of likely N-dealkylation sites (N-methyl/N-ethyl adjacent to an activating group) is 1. The molecule has 0 radical (unpaired) electrons. The fourth-order valence-electron chi connectivity index (χ4n) is 4.21. The fraction of sp³-hybridized carbons (Fsp3) is 0.650. The predicted molar refractivity (Wildman–Crippen MR) is 102 cm³/mol. The van der Waals surface area contributed by atoms with E-state index in [9.17, 15) is 9.90 Å². The molecule has 2 heterocycles. The third kappa shape index (κ3) is 3.61. The number of carbonyl (C=O) groups is 1. The Morgan fingerprint density at radius 2 is 2.12 bits per heavy atom. The first-order chi connectivity index (χ1) is 11.9. The number of hydrogen-bond acceptors (Lipinski definition) is 4. The molecule has 1 aromatic carbocycles. The number of aliphatic hydroxyl groups is 1. The summed E-state index contributed by atoms with van der Waals surface area (Å²) >= 11 is 0. The van der Waals surface area contributed by atoms with Crippen molar-refractivity contribution in [1.82, 2.24) is 5.32 Å². The average molecular weight is 345 g/mol. The first-order valence-electron chi connectivity index (χ1n) is 9.42. The third-order valence-corrected chi connectivity index (χ3v) is 5.59. The van der Waals surface area contributed by atoms with Crippen molar-refractivity contribution in [1.29, 1.82) is 0 Å². The van der Waals surface area contributed by atoms with Crippen LogP contribution in [0.1, 0.15) is 32.8 Å². The molecule has 5 heteroatoms. The number of benzene rings is 1. The average Bonchev–Trinajstić information content (AvgIpc) is 2.99. The molecule has 1 amide bonds. The maximum absolute atomic E-state index is 12.7. The van der Waals surface area contributed by atoms with Gasteiger partial charge in [-0.25, -0.2) is 0 Å². The summed E-state index contributed by atoms with van der Waals surface area (Å²) in [7, 11) is 2.01. The van der Waals surface area contributed by atoms with Crippen LogP contribution in [0, 0.1) is 11.8 Å². The molecule has 138 valence electrons. The molecule has 0 bridgehead atoms. The highest BCUT2D eigenvalue weighted by atomic mass is 16.3. The lowest BCUT2D eigenvalue weighted by atomic mass is 9.95. The summed E-state index contributed by atoms with van der Waals surface area (Å²) in [5.74, 6) is 0.917. The van der Waals surface area contributed by atoms with Gasteiger partial charge in [0.15, 0.2) is 0 Å². The molecule has 3 atom stereocenters. The molecule has 0 spiro atoms. The third-order valence-electron chi connectivity index (χ3n) is 5.59. The van der Waals surface area contributed by atoms with E-state index in [1.165, 1.54) is 17.7 Å². The summed E-state index contributed by atoms with van der Waals surface area (Å²) in [5, 5.41) is 12.7. The second-order valence-electron chi connectivity index (χ2n) is 8.04. The Morgan fingerprint density at radius 1 is 1.36 bits per heavy atom. The van der Waals surface area contributed by atoms with Gasteiger partial charge in [-0.05, 0) is 42.4 Å². The van der Waals surface area contributed by atoms with Crippen molar-refractivity contribution in [3.63, 3.8) is 0 Å². The number of amides is 1. The van der Waals surface area contributed by atoms with E-state index in [1.807, 2.05) is 7.05 Å². The van der Waals surface area contributed by atoms with Crippen LogP contribution in [0.25, 0.3) is 0 Å². The number of nitrogens with one attached hydrogen (secondary N) is 1. The van der Waals surface area contributed by atoms with Crippen molar-refractivity contribution in [2.45, 2.75) is 45.7 Å². The van der Waals surface area contributed by atoms with E-state index in [2.05, 4.69) is 54.1 Å². The van der Waals surface area contributed by atoms with Crippen molar-refractivity contribution in [2.24, 2.45) is 11.8 Å². The Balaban J connectivity index is 2.00. The van der Waals surface area contributed by atoms with E-state index in [0.717, 1.165) is 24.7 Å². The highest BCUT2D eigenvalue weighted by molar-refractivity contribution is 5.87. The highest BCUT2D eigenvalue weighted by Gasteiger charge is 2.32. The number of aliphatic hydroxyl groups excluding tert-OH is 1. The Morgan fingerprint density at radius 3 is 2.72 bits per heavy atom. The lowest BCUT2D eigenvalue weighted by Gasteiger charge is -2.37. The van der Waals surface area contributed by atoms with Crippen molar-refractivity contribution >= 4 is 17.3 Å². The van der Waals surface area contributed by atoms with Gasteiger partial charge in [0.05, 0.1) is 12.6 Å². The molecule has 1 aromatic rings. The molecule has 0 aromatic heterocycles. The standard InChI is InChI=1S/C20H31N3O2/c1-13(2)19-20(25)21-16(12-24)9-15-5-6-17(10-18(15)22(19)4)23-8-7-14(3)11-23/h5-6,10,13-14,16,19,24H,7-9,11-12H2,1-4H3,(H,21,25)/t14?,16-,19-/m1/s1. The van der Waals surface area contributed by atoms with Gasteiger partial charge in [0, 0.05) is 31.5 Å². The van der Waals surface area contributed by atoms with Gasteiger partial charge in [0.2, 0.25) is 5.91 Å². The number of carbonyl (C=O) groups excluding carboxylic acids is 1. The van der Waals surface area contributed by atoms with E-state index < -0.39 is 0 Å². The van der Waals surface area contributed by atoms with Crippen molar-refractivity contribution in [3.05, 3.63) is 23.8 Å². The normalized spacial score (nSPS) is 27.1. The number of rotatable bonds is 3. The zero-order chi connectivity index (χ0) is 18.1. The summed E-state index contributed by atoms with van der Waals surface area (Å²) in [6.07, 6.45) is 1.89. The predicted octanol–water partition coefficient (Wildman–Crippen LogP) is 2.03. The van der Waals surface area contributed by atoms with Gasteiger partial charge < -0.3 is 20.2 Å². The first kappa shape index (κ1) is 18.1. The molecular weight excluding hydrogens is 314 g/mol. The Kier molecular flexibility index (Phi) is 5.23. The maximum atomic E-state index is 12.7. The monoisotopic (exact) mass is 345 g/mol. The van der Waals surface area contributed by atoms with Gasteiger partial charge in [-0.2, -0.15) is 0 Å². The molecule has 2 N–H and O–H groups in total. The summed E-state index contributed by atoms with van der Waals surface area (Å²) in [6.45, 7) is 8.59. The van der Waals surface area contributed by atoms with Gasteiger partial charge in [0.25, 0.3) is 0 Å². The van der Waals surface area contributed by atoms with Gasteiger partial charge in [-0.1, -0.05) is 26.8 Å². The lowest BCUT2D eigenvalue weighted by Crippen LogP contribution is -2.54.